The third kappa shape index (κ3) is 1.26. The molecule has 0 fully saturated rings. The molecule has 0 bridgehead atoms. The summed E-state index contributed by atoms with van der Waals surface area (Å²) in [5.41, 5.74) is 0. The molecule has 0 N–H and O–H groups in total. The monoisotopic (exact) mass is 236 g/mol. The predicted molar refractivity (Wildman–Crippen MR) is 37.4 cm³/mol. The minimum absolute atomic E-state index is 0.736. The van der Waals surface area contributed by atoms with E-state index in [1.54, 1.807) is 12.4 Å². The van der Waals surface area contributed by atoms with Crippen LogP contribution in [0.3, 0.4) is 0 Å². The SMILES string of the molecule is Brc1nccnc1Br. The number of nitrogens with zero attached hydrogens (tertiary/aromatic N) is 2. The quantitative estimate of drug-likeness (QED) is 0.690. The lowest BCUT2D eigenvalue weighted by molar-refractivity contribution is 1.13. The third-order valence-corrected chi connectivity index (χ3v) is 2.31. The van der Waals surface area contributed by atoms with Gasteiger partial charge in [0.2, 0.25) is 0 Å². The molecule has 0 atom stereocenters. The Kier molecular flexibility index (Phi) is 1.96. The Morgan fingerprint density at radius 2 is 1.38 bits per heavy atom. The first-order chi connectivity index (χ1) is 3.80. The number of hydrogen-bond acceptors (Lipinski definition) is 2. The van der Waals surface area contributed by atoms with Crippen molar-refractivity contribution in [2.24, 2.45) is 0 Å². The van der Waals surface area contributed by atoms with Crippen LogP contribution in [0.25, 0.3) is 0 Å². The van der Waals surface area contributed by atoms with E-state index in [-0.39, 0.29) is 0 Å². The average Bonchev–Trinajstić information content (AvgIpc) is 1.77. The summed E-state index contributed by atoms with van der Waals surface area (Å²) in [6, 6.07) is 0. The molecule has 0 aliphatic carbocycles. The second-order valence-corrected chi connectivity index (χ2v) is 2.64. The summed E-state index contributed by atoms with van der Waals surface area (Å²) in [4.78, 5) is 7.77. The molecular weight excluding hydrogens is 236 g/mol. The normalized spacial score (nSPS) is 9.25. The molecule has 1 aromatic rings. The van der Waals surface area contributed by atoms with Gasteiger partial charge in [-0.25, -0.2) is 9.97 Å². The average molecular weight is 238 g/mol. The van der Waals surface area contributed by atoms with E-state index in [0.29, 0.717) is 0 Å². The Hall–Kier alpha value is 0.0400. The van der Waals surface area contributed by atoms with Gasteiger partial charge in [0.15, 0.2) is 0 Å². The van der Waals surface area contributed by atoms with Crippen LogP contribution in [0, 0.1) is 0 Å². The molecule has 1 aromatic heterocycles. The van der Waals surface area contributed by atoms with Crippen LogP contribution in [0.15, 0.2) is 21.6 Å². The van der Waals surface area contributed by atoms with Crippen molar-refractivity contribution in [1.29, 1.82) is 0 Å². The van der Waals surface area contributed by atoms with E-state index < -0.39 is 0 Å². The van der Waals surface area contributed by atoms with Gasteiger partial charge >= 0.3 is 0 Å². The Bertz CT molecular complexity index is 168. The summed E-state index contributed by atoms with van der Waals surface area (Å²) in [7, 11) is 0. The van der Waals surface area contributed by atoms with Crippen molar-refractivity contribution in [1.82, 2.24) is 9.97 Å². The lowest BCUT2D eigenvalue weighted by atomic mass is 10.8. The first-order valence-electron chi connectivity index (χ1n) is 1.92. The van der Waals surface area contributed by atoms with Crippen LogP contribution >= 0.6 is 31.9 Å². The van der Waals surface area contributed by atoms with Crippen LogP contribution < -0.4 is 0 Å². The molecule has 0 aromatic carbocycles. The fraction of sp³-hybridized carbons (Fsp3) is 0. The first-order valence-corrected chi connectivity index (χ1v) is 3.51. The summed E-state index contributed by atoms with van der Waals surface area (Å²) in [6.07, 6.45) is 3.24. The molecule has 42 valence electrons. The van der Waals surface area contributed by atoms with E-state index in [4.69, 9.17) is 0 Å². The molecule has 0 radical (unpaired) electrons. The highest BCUT2D eigenvalue weighted by atomic mass is 79.9. The van der Waals surface area contributed by atoms with Gasteiger partial charge in [-0.2, -0.15) is 0 Å². The maximum absolute atomic E-state index is 3.89. The zero-order valence-electron chi connectivity index (χ0n) is 3.81. The van der Waals surface area contributed by atoms with Crippen molar-refractivity contribution in [2.75, 3.05) is 0 Å². The van der Waals surface area contributed by atoms with Crippen LogP contribution in [-0.2, 0) is 0 Å². The molecule has 1 heterocycles. The summed E-state index contributed by atoms with van der Waals surface area (Å²) in [5.74, 6) is 0. The molecule has 0 aliphatic heterocycles. The lowest BCUT2D eigenvalue weighted by Crippen LogP contribution is -1.78. The number of hydrogen-bond donors (Lipinski definition) is 0. The molecule has 8 heavy (non-hydrogen) atoms. The van der Waals surface area contributed by atoms with E-state index in [1.807, 2.05) is 0 Å². The van der Waals surface area contributed by atoms with E-state index in [9.17, 15) is 0 Å². The van der Waals surface area contributed by atoms with Gasteiger partial charge < -0.3 is 0 Å². The van der Waals surface area contributed by atoms with Gasteiger partial charge in [0.1, 0.15) is 9.21 Å². The number of aromatic nitrogens is 2. The Morgan fingerprint density at radius 3 is 1.62 bits per heavy atom. The highest BCUT2D eigenvalue weighted by molar-refractivity contribution is 9.13. The van der Waals surface area contributed by atoms with Crippen LogP contribution in [0.4, 0.5) is 0 Å². The van der Waals surface area contributed by atoms with Gasteiger partial charge in [0, 0.05) is 12.4 Å². The molecule has 4 heteroatoms. The molecule has 2 nitrogen and oxygen atoms in total. The Balaban J connectivity index is 3.13. The second kappa shape index (κ2) is 2.55. The molecular formula is C4H2Br2N2. The van der Waals surface area contributed by atoms with Gasteiger partial charge in [-0.15, -0.1) is 0 Å². The van der Waals surface area contributed by atoms with Gasteiger partial charge in [-0.3, -0.25) is 0 Å². The molecule has 0 saturated heterocycles. The molecule has 0 unspecified atom stereocenters. The minimum Gasteiger partial charge on any atom is -0.245 e. The predicted octanol–water partition coefficient (Wildman–Crippen LogP) is 2.00. The van der Waals surface area contributed by atoms with E-state index >= 15 is 0 Å². The standard InChI is InChI=1S/C4H2Br2N2/c5-3-4(6)8-2-1-7-3/h1-2H. The van der Waals surface area contributed by atoms with Gasteiger partial charge in [-0.05, 0) is 31.9 Å². The van der Waals surface area contributed by atoms with Gasteiger partial charge in [0.05, 0.1) is 0 Å². The van der Waals surface area contributed by atoms with Crippen LogP contribution in [0.5, 0.6) is 0 Å². The van der Waals surface area contributed by atoms with Crippen molar-refractivity contribution in [3.05, 3.63) is 21.6 Å². The summed E-state index contributed by atoms with van der Waals surface area (Å²) in [5, 5.41) is 0. The number of halogens is 2. The van der Waals surface area contributed by atoms with Gasteiger partial charge in [-0.1, -0.05) is 0 Å². The number of rotatable bonds is 0. The fourth-order valence-electron chi connectivity index (χ4n) is 0.304. The second-order valence-electron chi connectivity index (χ2n) is 1.14. The fourth-order valence-corrected chi connectivity index (χ4v) is 0.745. The zero-order valence-corrected chi connectivity index (χ0v) is 6.98. The smallest absolute Gasteiger partial charge is 0.138 e. The van der Waals surface area contributed by atoms with E-state index in [2.05, 4.69) is 41.8 Å². The van der Waals surface area contributed by atoms with Crippen LogP contribution in [0.2, 0.25) is 0 Å². The molecule has 0 amide bonds. The summed E-state index contributed by atoms with van der Waals surface area (Å²) < 4.78 is 1.47. The van der Waals surface area contributed by atoms with Crippen LogP contribution in [0.1, 0.15) is 0 Å². The summed E-state index contributed by atoms with van der Waals surface area (Å²) in [6.45, 7) is 0. The lowest BCUT2D eigenvalue weighted by Gasteiger charge is -1.87. The van der Waals surface area contributed by atoms with Crippen LogP contribution in [-0.4, -0.2) is 9.97 Å². The van der Waals surface area contributed by atoms with Gasteiger partial charge in [0.25, 0.3) is 0 Å². The van der Waals surface area contributed by atoms with E-state index in [0.717, 1.165) is 9.21 Å². The van der Waals surface area contributed by atoms with Crippen molar-refractivity contribution in [2.45, 2.75) is 0 Å². The Labute approximate surface area is 63.6 Å². The highest BCUT2D eigenvalue weighted by Gasteiger charge is 1.91. The molecule has 0 saturated carbocycles. The Morgan fingerprint density at radius 1 is 1.00 bits per heavy atom. The largest absolute Gasteiger partial charge is 0.245 e. The molecule has 1 rings (SSSR count). The topological polar surface area (TPSA) is 25.8 Å². The maximum Gasteiger partial charge on any atom is 0.138 e. The maximum atomic E-state index is 3.89. The highest BCUT2D eigenvalue weighted by Crippen LogP contribution is 2.14. The van der Waals surface area contributed by atoms with Crippen molar-refractivity contribution < 1.29 is 0 Å². The molecule has 0 aliphatic rings. The third-order valence-electron chi connectivity index (χ3n) is 0.613. The zero-order chi connectivity index (χ0) is 5.98. The van der Waals surface area contributed by atoms with Crippen molar-refractivity contribution in [3.63, 3.8) is 0 Å². The summed E-state index contributed by atoms with van der Waals surface area (Å²) >= 11 is 6.35. The van der Waals surface area contributed by atoms with E-state index in [1.165, 1.54) is 0 Å². The molecule has 0 spiro atoms. The minimum atomic E-state index is 0.736. The first kappa shape index (κ1) is 6.16. The van der Waals surface area contributed by atoms with Crippen molar-refractivity contribution >= 4 is 31.9 Å². The van der Waals surface area contributed by atoms with Crippen molar-refractivity contribution in [3.8, 4) is 0 Å².